The number of hydrogen-bond donors (Lipinski definition) is 6. The third kappa shape index (κ3) is 9.91. The fourth-order valence-corrected chi connectivity index (χ4v) is 5.43. The second-order valence-electron chi connectivity index (χ2n) is 7.17. The van der Waals surface area contributed by atoms with Gasteiger partial charge in [0, 0.05) is 37.4 Å². The van der Waals surface area contributed by atoms with Gasteiger partial charge in [0.25, 0.3) is 11.8 Å². The van der Waals surface area contributed by atoms with Crippen LogP contribution in [0.5, 0.6) is 11.5 Å². The highest BCUT2D eigenvalue weighted by molar-refractivity contribution is 9.10. The summed E-state index contributed by atoms with van der Waals surface area (Å²) in [4.78, 5) is 24.5. The van der Waals surface area contributed by atoms with Crippen LogP contribution in [-0.4, -0.2) is 68.5 Å². The highest BCUT2D eigenvalue weighted by Crippen LogP contribution is 2.25. The molecular weight excluding hydrogens is 640 g/mol. The minimum atomic E-state index is -0.490. The number of nitrogens with one attached hydrogen (secondary N) is 2. The minimum absolute atomic E-state index is 0.0473. The van der Waals surface area contributed by atoms with Crippen LogP contribution in [0.15, 0.2) is 55.7 Å². The summed E-state index contributed by atoms with van der Waals surface area (Å²) >= 11 is 6.40. The molecule has 6 N–H and O–H groups in total. The fourth-order valence-electron chi connectivity index (χ4n) is 2.76. The maximum atomic E-state index is 12.2. The van der Waals surface area contributed by atoms with Crippen molar-refractivity contribution >= 4 is 76.7 Å². The van der Waals surface area contributed by atoms with Gasteiger partial charge < -0.3 is 31.3 Å². The summed E-state index contributed by atoms with van der Waals surface area (Å²) in [6, 6.07) is 9.50. The number of carbonyl (C=O) groups excluding carboxylic acids is 2. The van der Waals surface area contributed by atoms with Crippen molar-refractivity contribution in [1.29, 1.82) is 0 Å². The number of aromatic hydroxyl groups is 2. The Bertz CT molecular complexity index is 1050. The Balaban J connectivity index is 1.62. The maximum absolute atomic E-state index is 12.2. The topological polar surface area (TPSA) is 164 Å². The zero-order chi connectivity index (χ0) is 26.5. The molecule has 0 aliphatic carbocycles. The number of nitrogens with zero attached hydrogens (tertiary/aromatic N) is 2. The van der Waals surface area contributed by atoms with Crippen molar-refractivity contribution in [3.8, 4) is 11.5 Å². The van der Waals surface area contributed by atoms with Gasteiger partial charge in [0.2, 0.25) is 0 Å². The molecule has 0 bridgehead atoms. The molecule has 0 spiro atoms. The molecule has 194 valence electrons. The number of rotatable bonds is 13. The fraction of sp³-hybridized carbons (Fsp3) is 0.273. The van der Waals surface area contributed by atoms with E-state index < -0.39 is 11.8 Å². The molecule has 0 unspecified atom stereocenters. The summed E-state index contributed by atoms with van der Waals surface area (Å²) in [5.74, 6) is 0.348. The number of phenolic OH excluding ortho intramolecular Hbond substituents is 2. The second-order valence-corrected chi connectivity index (χ2v) is 11.6. The molecule has 2 aromatic rings. The van der Waals surface area contributed by atoms with Gasteiger partial charge in [-0.15, -0.1) is 0 Å². The molecule has 2 aromatic carbocycles. The summed E-state index contributed by atoms with van der Waals surface area (Å²) in [5.41, 5.74) is 1.29. The zero-order valence-electron chi connectivity index (χ0n) is 18.8. The van der Waals surface area contributed by atoms with E-state index in [1.54, 1.807) is 24.3 Å². The van der Waals surface area contributed by atoms with Crippen LogP contribution in [0, 0.1) is 0 Å². The molecule has 14 heteroatoms. The molecule has 10 nitrogen and oxygen atoms in total. The molecule has 0 saturated heterocycles. The molecule has 2 amide bonds. The summed E-state index contributed by atoms with van der Waals surface area (Å²) < 4.78 is 0.959. The molecule has 0 fully saturated rings. The molecule has 0 heterocycles. The van der Waals surface area contributed by atoms with Crippen LogP contribution in [0.25, 0.3) is 0 Å². The first-order valence-electron chi connectivity index (χ1n) is 10.4. The summed E-state index contributed by atoms with van der Waals surface area (Å²) in [5, 5.41) is 49.0. The average Bonchev–Trinajstić information content (AvgIpc) is 2.86. The number of phenols is 2. The van der Waals surface area contributed by atoms with Crippen molar-refractivity contribution in [2.75, 3.05) is 24.6 Å². The van der Waals surface area contributed by atoms with E-state index in [0.717, 1.165) is 0 Å². The van der Waals surface area contributed by atoms with Crippen molar-refractivity contribution in [1.82, 2.24) is 10.6 Å². The third-order valence-corrected chi connectivity index (χ3v) is 8.24. The van der Waals surface area contributed by atoms with E-state index in [9.17, 15) is 30.2 Å². The predicted octanol–water partition coefficient (Wildman–Crippen LogP) is 3.68. The van der Waals surface area contributed by atoms with E-state index in [-0.39, 0.29) is 35.8 Å². The van der Waals surface area contributed by atoms with E-state index in [2.05, 4.69) is 52.8 Å². The molecule has 0 aliphatic heterocycles. The molecule has 0 saturated carbocycles. The van der Waals surface area contributed by atoms with Gasteiger partial charge >= 0.3 is 0 Å². The van der Waals surface area contributed by atoms with Gasteiger partial charge in [-0.2, -0.15) is 0 Å². The average molecular weight is 664 g/mol. The van der Waals surface area contributed by atoms with Crippen molar-refractivity contribution in [3.63, 3.8) is 0 Å². The lowest BCUT2D eigenvalue weighted by Crippen LogP contribution is -2.34. The number of amides is 2. The third-order valence-electron chi connectivity index (χ3n) is 4.56. The first-order chi connectivity index (χ1) is 17.2. The molecule has 2 rings (SSSR count). The molecule has 36 heavy (non-hydrogen) atoms. The first-order valence-corrected chi connectivity index (χ1v) is 14.5. The van der Waals surface area contributed by atoms with E-state index in [4.69, 9.17) is 0 Å². The van der Waals surface area contributed by atoms with Crippen molar-refractivity contribution in [3.05, 3.63) is 56.5 Å². The lowest BCUT2D eigenvalue weighted by atomic mass is 10.1. The molecule has 0 radical (unpaired) electrons. The number of carbonyl (C=O) groups is 2. The maximum Gasteiger partial charge on any atom is 0.269 e. The first kappa shape index (κ1) is 29.8. The lowest BCUT2D eigenvalue weighted by Gasteiger charge is -2.08. The van der Waals surface area contributed by atoms with Crippen LogP contribution < -0.4 is 10.6 Å². The molecular formula is C22H24Br2N4O6S2. The number of benzene rings is 2. The lowest BCUT2D eigenvalue weighted by molar-refractivity contribution is -0.115. The number of halogens is 2. The van der Waals surface area contributed by atoms with Gasteiger partial charge in [0.05, 0.1) is 8.95 Å². The van der Waals surface area contributed by atoms with Crippen LogP contribution in [0.1, 0.15) is 11.1 Å². The van der Waals surface area contributed by atoms with Crippen molar-refractivity contribution in [2.45, 2.75) is 12.8 Å². The van der Waals surface area contributed by atoms with E-state index in [1.165, 1.54) is 33.7 Å². The molecule has 0 aromatic heterocycles. The predicted molar refractivity (Wildman–Crippen MR) is 148 cm³/mol. The largest absolute Gasteiger partial charge is 0.507 e. The summed E-state index contributed by atoms with van der Waals surface area (Å²) in [6.07, 6.45) is 0.206. The quantitative estimate of drug-likeness (QED) is 0.0621. The van der Waals surface area contributed by atoms with E-state index >= 15 is 0 Å². The Morgan fingerprint density at radius 1 is 0.750 bits per heavy atom. The molecule has 0 atom stereocenters. The Morgan fingerprint density at radius 3 is 1.47 bits per heavy atom. The van der Waals surface area contributed by atoms with Crippen LogP contribution in [0.4, 0.5) is 0 Å². The van der Waals surface area contributed by atoms with E-state index in [0.29, 0.717) is 44.7 Å². The van der Waals surface area contributed by atoms with Gasteiger partial charge in [0.1, 0.15) is 22.9 Å². The Kier molecular flexibility index (Phi) is 12.9. The van der Waals surface area contributed by atoms with Gasteiger partial charge in [-0.3, -0.25) is 9.59 Å². The SMILES string of the molecule is O=C(NCCSSCCNC(=O)/C(Cc1ccc(O)c(Br)c1)=N\O)/C(Cc1ccc(O)c(Br)c1)=N\O. The Labute approximate surface area is 232 Å². The normalized spacial score (nSPS) is 11.8. The van der Waals surface area contributed by atoms with Crippen molar-refractivity contribution < 1.29 is 30.2 Å². The summed E-state index contributed by atoms with van der Waals surface area (Å²) in [7, 11) is 3.00. The summed E-state index contributed by atoms with van der Waals surface area (Å²) in [6.45, 7) is 0.704. The van der Waals surface area contributed by atoms with Crippen molar-refractivity contribution in [2.24, 2.45) is 10.3 Å². The monoisotopic (exact) mass is 662 g/mol. The van der Waals surface area contributed by atoms with Gasteiger partial charge in [-0.1, -0.05) is 44.0 Å². The van der Waals surface area contributed by atoms with Crippen LogP contribution in [-0.2, 0) is 22.4 Å². The highest BCUT2D eigenvalue weighted by atomic mass is 79.9. The standard InChI is InChI=1S/C22H24Br2N4O6S2/c23-15-9-13(1-3-19(15)29)11-17(27-33)21(31)25-5-7-35-36-8-6-26-22(32)18(28-34)12-14-2-4-20(30)16(24)10-14/h1-4,9-10,29-30,33-34H,5-8,11-12H2,(H,25,31)(H,26,32)/b27-17-,28-18-. The number of oxime groups is 2. The van der Waals surface area contributed by atoms with Gasteiger partial charge in [-0.25, -0.2) is 0 Å². The Morgan fingerprint density at radius 2 is 1.14 bits per heavy atom. The zero-order valence-corrected chi connectivity index (χ0v) is 23.6. The van der Waals surface area contributed by atoms with Crippen LogP contribution in [0.2, 0.25) is 0 Å². The van der Waals surface area contributed by atoms with Gasteiger partial charge in [-0.05, 0) is 67.3 Å². The van der Waals surface area contributed by atoms with Crippen LogP contribution >= 0.6 is 53.4 Å². The minimum Gasteiger partial charge on any atom is -0.507 e. The Hall–Kier alpha value is -2.42. The second kappa shape index (κ2) is 15.6. The highest BCUT2D eigenvalue weighted by Gasteiger charge is 2.15. The molecule has 0 aliphatic rings. The van der Waals surface area contributed by atoms with E-state index in [1.807, 2.05) is 0 Å². The number of hydrogen-bond acceptors (Lipinski definition) is 10. The van der Waals surface area contributed by atoms with Gasteiger partial charge in [0.15, 0.2) is 0 Å². The van der Waals surface area contributed by atoms with Crippen LogP contribution in [0.3, 0.4) is 0 Å². The smallest absolute Gasteiger partial charge is 0.269 e.